The molecule has 1 N–H and O–H groups in total. The Balaban J connectivity index is 1.56. The van der Waals surface area contributed by atoms with Gasteiger partial charge in [-0.25, -0.2) is 14.4 Å². The molecular formula is C30H34ClFN4. The van der Waals surface area contributed by atoms with E-state index in [9.17, 15) is 0 Å². The molecule has 1 aromatic carbocycles. The van der Waals surface area contributed by atoms with Crippen LogP contribution in [0.4, 0.5) is 10.1 Å². The third kappa shape index (κ3) is 3.71. The molecular weight excluding hydrogens is 471 g/mol. The third-order valence-electron chi connectivity index (χ3n) is 8.16. The maximum absolute atomic E-state index is 15.4. The van der Waals surface area contributed by atoms with Crippen molar-refractivity contribution in [2.45, 2.75) is 70.3 Å². The number of anilines is 1. The summed E-state index contributed by atoms with van der Waals surface area (Å²) in [7, 11) is 0. The van der Waals surface area contributed by atoms with Crippen molar-refractivity contribution in [1.82, 2.24) is 14.5 Å². The summed E-state index contributed by atoms with van der Waals surface area (Å²) in [5, 5.41) is 4.26. The molecule has 3 aromatic rings. The molecule has 6 heteroatoms. The molecule has 0 amide bonds. The van der Waals surface area contributed by atoms with Gasteiger partial charge in [0.2, 0.25) is 0 Å². The van der Waals surface area contributed by atoms with Gasteiger partial charge in [-0.1, -0.05) is 55.8 Å². The number of allylic oxidation sites excluding steroid dienone is 3. The minimum Gasteiger partial charge on any atom is -0.371 e. The number of imidazole rings is 1. The maximum atomic E-state index is 15.4. The molecule has 2 aromatic heterocycles. The fraction of sp³-hybridized carbons (Fsp3) is 0.400. The van der Waals surface area contributed by atoms with Crippen LogP contribution >= 0.6 is 11.6 Å². The predicted molar refractivity (Wildman–Crippen MR) is 145 cm³/mol. The Hall–Kier alpha value is -2.92. The number of hydrogen-bond donors (Lipinski definition) is 1. The summed E-state index contributed by atoms with van der Waals surface area (Å²) >= 11 is 6.12. The first kappa shape index (κ1) is 24.8. The Kier molecular flexibility index (Phi) is 6.32. The third-order valence-corrected chi connectivity index (χ3v) is 8.40. The van der Waals surface area contributed by atoms with Gasteiger partial charge >= 0.3 is 0 Å². The molecule has 1 saturated carbocycles. The molecule has 1 atom stereocenters. The zero-order chi connectivity index (χ0) is 25.7. The molecule has 4 nitrogen and oxygen atoms in total. The van der Waals surface area contributed by atoms with Crippen LogP contribution in [0.15, 0.2) is 67.0 Å². The molecule has 1 spiro atoms. The predicted octanol–water partition coefficient (Wildman–Crippen LogP) is 8.08. The fourth-order valence-corrected chi connectivity index (χ4v) is 6.69. The normalized spacial score (nSPS) is 22.8. The molecule has 36 heavy (non-hydrogen) atoms. The highest BCUT2D eigenvalue weighted by atomic mass is 35.5. The van der Waals surface area contributed by atoms with Crippen molar-refractivity contribution in [1.29, 1.82) is 0 Å². The topological polar surface area (TPSA) is 42.7 Å². The van der Waals surface area contributed by atoms with Gasteiger partial charge in [-0.3, -0.25) is 4.57 Å². The number of nitrogens with zero attached hydrogens (tertiary/aromatic N) is 3. The van der Waals surface area contributed by atoms with Crippen LogP contribution in [-0.4, -0.2) is 14.5 Å². The lowest BCUT2D eigenvalue weighted by Crippen LogP contribution is -2.47. The zero-order valence-corrected chi connectivity index (χ0v) is 22.2. The van der Waals surface area contributed by atoms with Crippen LogP contribution in [0, 0.1) is 11.7 Å². The summed E-state index contributed by atoms with van der Waals surface area (Å²) in [5.74, 6) is 2.14. The Morgan fingerprint density at radius 2 is 2.03 bits per heavy atom. The maximum Gasteiger partial charge on any atom is 0.161 e. The fourth-order valence-electron chi connectivity index (χ4n) is 6.53. The number of hydrogen-bond acceptors (Lipinski definition) is 3. The van der Waals surface area contributed by atoms with Gasteiger partial charge in [0, 0.05) is 28.1 Å². The lowest BCUT2D eigenvalue weighted by atomic mass is 9.59. The van der Waals surface area contributed by atoms with Crippen molar-refractivity contribution in [2.75, 3.05) is 5.32 Å². The minimum atomic E-state index is -0.595. The van der Waals surface area contributed by atoms with Crippen LogP contribution in [0.5, 0.6) is 0 Å². The average molecular weight is 505 g/mol. The van der Waals surface area contributed by atoms with E-state index in [0.29, 0.717) is 10.6 Å². The van der Waals surface area contributed by atoms with E-state index in [-0.39, 0.29) is 23.2 Å². The quantitative estimate of drug-likeness (QED) is 0.357. The molecule has 2 aliphatic rings. The monoisotopic (exact) mass is 504 g/mol. The van der Waals surface area contributed by atoms with E-state index in [1.165, 1.54) is 11.8 Å². The van der Waals surface area contributed by atoms with Gasteiger partial charge in [-0.15, -0.1) is 0 Å². The second-order valence-corrected chi connectivity index (χ2v) is 11.1. The van der Waals surface area contributed by atoms with Gasteiger partial charge in [0.15, 0.2) is 5.82 Å². The van der Waals surface area contributed by atoms with Gasteiger partial charge in [-0.2, -0.15) is 0 Å². The molecule has 1 aliphatic heterocycles. The van der Waals surface area contributed by atoms with Crippen molar-refractivity contribution >= 4 is 17.3 Å². The van der Waals surface area contributed by atoms with Crippen molar-refractivity contribution in [3.63, 3.8) is 0 Å². The summed E-state index contributed by atoms with van der Waals surface area (Å²) in [6, 6.07) is 9.11. The summed E-state index contributed by atoms with van der Waals surface area (Å²) < 4.78 is 17.6. The lowest BCUT2D eigenvalue weighted by Gasteiger charge is -2.49. The van der Waals surface area contributed by atoms with Crippen LogP contribution in [-0.2, 0) is 11.0 Å². The van der Waals surface area contributed by atoms with E-state index in [1.807, 2.05) is 44.4 Å². The van der Waals surface area contributed by atoms with Crippen molar-refractivity contribution in [3.8, 4) is 5.82 Å². The Morgan fingerprint density at radius 1 is 1.28 bits per heavy atom. The van der Waals surface area contributed by atoms with Crippen LogP contribution in [0.25, 0.3) is 5.82 Å². The summed E-state index contributed by atoms with van der Waals surface area (Å²) in [5.41, 5.74) is 2.95. The molecule has 0 radical (unpaired) electrons. The number of nitrogens with one attached hydrogen (secondary N) is 1. The van der Waals surface area contributed by atoms with Crippen molar-refractivity contribution in [3.05, 3.63) is 95.0 Å². The number of pyridine rings is 1. The second kappa shape index (κ2) is 9.19. The van der Waals surface area contributed by atoms with Gasteiger partial charge in [0.1, 0.15) is 11.6 Å². The van der Waals surface area contributed by atoms with E-state index in [4.69, 9.17) is 21.6 Å². The van der Waals surface area contributed by atoms with Crippen LogP contribution in [0.3, 0.4) is 0 Å². The van der Waals surface area contributed by atoms with E-state index in [1.54, 1.807) is 6.07 Å². The minimum absolute atomic E-state index is 0.200. The first-order valence-electron chi connectivity index (χ1n) is 12.8. The SMILES string of the molecule is C=C(C)C(/C=C/C)(c1ccc(Cl)cc1F)C1CCC2(CC1)Nc1cccnc1-n1c2cnc1C(C)C. The highest BCUT2D eigenvalue weighted by molar-refractivity contribution is 6.30. The summed E-state index contributed by atoms with van der Waals surface area (Å²) in [4.78, 5) is 9.53. The van der Waals surface area contributed by atoms with Gasteiger partial charge < -0.3 is 5.32 Å². The highest BCUT2D eigenvalue weighted by Gasteiger charge is 2.49. The van der Waals surface area contributed by atoms with Crippen molar-refractivity contribution < 1.29 is 4.39 Å². The van der Waals surface area contributed by atoms with Crippen molar-refractivity contribution in [2.24, 2.45) is 5.92 Å². The van der Waals surface area contributed by atoms with Gasteiger partial charge in [-0.05, 0) is 69.7 Å². The number of rotatable bonds is 5. The summed E-state index contributed by atoms with van der Waals surface area (Å²) in [6.07, 6.45) is 11.6. The molecule has 188 valence electrons. The molecule has 0 bridgehead atoms. The molecule has 5 rings (SSSR count). The van der Waals surface area contributed by atoms with Crippen LogP contribution in [0.1, 0.15) is 76.4 Å². The summed E-state index contributed by atoms with van der Waals surface area (Å²) in [6.45, 7) is 12.7. The molecule has 1 aliphatic carbocycles. The van der Waals surface area contributed by atoms with Gasteiger partial charge in [0.05, 0.1) is 23.1 Å². The average Bonchev–Trinajstić information content (AvgIpc) is 3.31. The standard InChI is InChI=1S/C30H34ClFN4/c1-6-13-30(20(4)5,23-10-9-22(31)17-24(23)32)21-11-14-29(15-12-21)26-18-34-27(19(2)3)36(26)28-25(35-29)8-7-16-33-28/h6-10,13,16-19,21,35H,4,11-12,14-15H2,1-3,5H3/b13-6+. The Bertz CT molecular complexity index is 1330. The molecule has 0 saturated heterocycles. The molecule has 1 fully saturated rings. The van der Waals surface area contributed by atoms with Crippen LogP contribution in [0.2, 0.25) is 5.02 Å². The molecule has 3 heterocycles. The number of fused-ring (bicyclic) bond motifs is 4. The number of benzene rings is 1. The lowest BCUT2D eigenvalue weighted by molar-refractivity contribution is 0.198. The smallest absolute Gasteiger partial charge is 0.161 e. The first-order valence-corrected chi connectivity index (χ1v) is 13.2. The number of aromatic nitrogens is 3. The first-order chi connectivity index (χ1) is 17.2. The van der Waals surface area contributed by atoms with E-state index in [0.717, 1.165) is 48.6 Å². The Morgan fingerprint density at radius 3 is 2.67 bits per heavy atom. The van der Waals surface area contributed by atoms with Crippen LogP contribution < -0.4 is 5.32 Å². The number of halogens is 2. The van der Waals surface area contributed by atoms with E-state index < -0.39 is 5.41 Å². The van der Waals surface area contributed by atoms with Gasteiger partial charge in [0.25, 0.3) is 0 Å². The zero-order valence-electron chi connectivity index (χ0n) is 21.5. The largest absolute Gasteiger partial charge is 0.371 e. The molecule has 1 unspecified atom stereocenters. The Labute approximate surface area is 218 Å². The highest BCUT2D eigenvalue weighted by Crippen LogP contribution is 2.53. The van der Waals surface area contributed by atoms with E-state index >= 15 is 4.39 Å². The van der Waals surface area contributed by atoms with E-state index in [2.05, 4.69) is 42.5 Å². The second-order valence-electron chi connectivity index (χ2n) is 10.6.